The zero-order valence-electron chi connectivity index (χ0n) is 12.5. The Hall–Kier alpha value is -2.55. The lowest BCUT2D eigenvalue weighted by atomic mass is 9.98. The summed E-state index contributed by atoms with van der Waals surface area (Å²) in [7, 11) is 0. The lowest BCUT2D eigenvalue weighted by Gasteiger charge is -2.17. The van der Waals surface area contributed by atoms with Gasteiger partial charge in [-0.3, -0.25) is 9.78 Å². The molecule has 4 nitrogen and oxygen atoms in total. The van der Waals surface area contributed by atoms with Gasteiger partial charge in [0.25, 0.3) is 6.43 Å². The second-order valence-corrected chi connectivity index (χ2v) is 5.45. The van der Waals surface area contributed by atoms with Crippen molar-refractivity contribution in [1.29, 1.82) is 0 Å². The number of hydrogen-bond acceptors (Lipinski definition) is 3. The van der Waals surface area contributed by atoms with E-state index in [2.05, 4.69) is 4.98 Å². The van der Waals surface area contributed by atoms with Crippen LogP contribution in [-0.4, -0.2) is 22.4 Å². The van der Waals surface area contributed by atoms with E-state index in [-0.39, 0.29) is 11.4 Å². The molecule has 132 valence electrons. The average molecular weight is 358 g/mol. The van der Waals surface area contributed by atoms with Crippen LogP contribution in [0.4, 0.5) is 27.6 Å². The zero-order chi connectivity index (χ0) is 18.4. The quantitative estimate of drug-likeness (QED) is 0.855. The number of fused-ring (bicyclic) bond motifs is 1. The number of alkyl halides is 4. The number of anilines is 1. The molecule has 2 heterocycles. The Morgan fingerprint density at radius 2 is 1.92 bits per heavy atom. The summed E-state index contributed by atoms with van der Waals surface area (Å²) >= 11 is 0. The molecule has 1 atom stereocenters. The van der Waals surface area contributed by atoms with Crippen LogP contribution in [0.5, 0.6) is 0 Å². The van der Waals surface area contributed by atoms with Gasteiger partial charge in [-0.1, -0.05) is 12.1 Å². The number of amides is 1. The van der Waals surface area contributed by atoms with Crippen molar-refractivity contribution in [2.75, 3.05) is 4.90 Å². The van der Waals surface area contributed by atoms with Gasteiger partial charge in [-0.2, -0.15) is 8.78 Å². The largest absolute Gasteiger partial charge is 0.382 e. The number of aromatic nitrogens is 1. The van der Waals surface area contributed by atoms with Crippen molar-refractivity contribution in [2.45, 2.75) is 25.0 Å². The van der Waals surface area contributed by atoms with E-state index in [1.807, 2.05) is 0 Å². The average Bonchev–Trinajstić information content (AvgIpc) is 2.77. The lowest BCUT2D eigenvalue weighted by molar-refractivity contribution is -0.142. The van der Waals surface area contributed by atoms with Crippen molar-refractivity contribution in [3.05, 3.63) is 59.2 Å². The molecule has 0 saturated heterocycles. The fourth-order valence-electron chi connectivity index (χ4n) is 2.71. The number of halogens is 5. The summed E-state index contributed by atoms with van der Waals surface area (Å²) in [6.45, 7) is -0.393. The first-order valence-corrected chi connectivity index (χ1v) is 7.13. The molecular weight excluding hydrogens is 347 g/mol. The van der Waals surface area contributed by atoms with Crippen LogP contribution in [0.2, 0.25) is 0 Å². The van der Waals surface area contributed by atoms with Crippen LogP contribution in [0.1, 0.15) is 22.9 Å². The smallest absolute Gasteiger partial charge is 0.352 e. The van der Waals surface area contributed by atoms with Crippen LogP contribution in [0.3, 0.4) is 0 Å². The van der Waals surface area contributed by atoms with E-state index in [1.165, 1.54) is 18.2 Å². The molecular formula is C16H11F5N2O2. The van der Waals surface area contributed by atoms with Crippen LogP contribution >= 0.6 is 0 Å². The summed E-state index contributed by atoms with van der Waals surface area (Å²) in [4.78, 5) is 16.5. The van der Waals surface area contributed by atoms with E-state index < -0.39 is 47.8 Å². The fraction of sp³-hybridized carbons (Fsp3) is 0.250. The Morgan fingerprint density at radius 3 is 2.52 bits per heavy atom. The van der Waals surface area contributed by atoms with Crippen molar-refractivity contribution in [2.24, 2.45) is 0 Å². The SMILES string of the molecule is O=C1N(Cc2ccc(F)cn2)c2cccc(C(O)C(F)F)c2C1(F)F. The maximum Gasteiger partial charge on any atom is 0.352 e. The van der Waals surface area contributed by atoms with Gasteiger partial charge in [-0.15, -0.1) is 0 Å². The van der Waals surface area contributed by atoms with Gasteiger partial charge in [0, 0.05) is 0 Å². The summed E-state index contributed by atoms with van der Waals surface area (Å²) in [5.74, 6) is -6.32. The molecule has 1 amide bonds. The highest BCUT2D eigenvalue weighted by Crippen LogP contribution is 2.48. The predicted molar refractivity (Wildman–Crippen MR) is 76.7 cm³/mol. The first-order valence-electron chi connectivity index (χ1n) is 7.13. The Labute approximate surface area is 138 Å². The summed E-state index contributed by atoms with van der Waals surface area (Å²) in [5, 5.41) is 9.52. The van der Waals surface area contributed by atoms with Crippen molar-refractivity contribution in [3.63, 3.8) is 0 Å². The summed E-state index contributed by atoms with van der Waals surface area (Å²) in [6, 6.07) is 5.56. The van der Waals surface area contributed by atoms with E-state index in [4.69, 9.17) is 0 Å². The molecule has 1 aliphatic heterocycles. The molecule has 1 aromatic heterocycles. The Morgan fingerprint density at radius 1 is 1.20 bits per heavy atom. The molecule has 2 aromatic rings. The second kappa shape index (κ2) is 6.07. The minimum absolute atomic E-state index is 0.137. The first kappa shape index (κ1) is 17.3. The molecule has 0 fully saturated rings. The van der Waals surface area contributed by atoms with Gasteiger partial charge in [0.1, 0.15) is 11.9 Å². The number of carbonyl (C=O) groups excluding carboxylic acids is 1. The van der Waals surface area contributed by atoms with Gasteiger partial charge >= 0.3 is 11.8 Å². The maximum atomic E-state index is 14.4. The molecule has 0 spiro atoms. The van der Waals surface area contributed by atoms with Crippen molar-refractivity contribution in [1.82, 2.24) is 4.98 Å². The molecule has 1 unspecified atom stereocenters. The molecule has 1 aromatic carbocycles. The van der Waals surface area contributed by atoms with Gasteiger partial charge in [0.05, 0.1) is 29.7 Å². The first-order chi connectivity index (χ1) is 11.7. The molecule has 1 N–H and O–H groups in total. The van der Waals surface area contributed by atoms with Gasteiger partial charge in [-0.25, -0.2) is 13.2 Å². The Kier molecular flexibility index (Phi) is 4.19. The molecule has 0 saturated carbocycles. The zero-order valence-corrected chi connectivity index (χ0v) is 12.5. The molecule has 9 heteroatoms. The van der Waals surface area contributed by atoms with E-state index in [0.717, 1.165) is 18.3 Å². The van der Waals surface area contributed by atoms with E-state index >= 15 is 0 Å². The van der Waals surface area contributed by atoms with Gasteiger partial charge in [0.15, 0.2) is 0 Å². The number of nitrogens with zero attached hydrogens (tertiary/aromatic N) is 2. The molecule has 0 radical (unpaired) electrons. The van der Waals surface area contributed by atoms with Gasteiger partial charge in [-0.05, 0) is 23.8 Å². The van der Waals surface area contributed by atoms with Gasteiger partial charge < -0.3 is 10.0 Å². The lowest BCUT2D eigenvalue weighted by Crippen LogP contribution is -2.34. The topological polar surface area (TPSA) is 53.4 Å². The van der Waals surface area contributed by atoms with Gasteiger partial charge in [0.2, 0.25) is 0 Å². The third-order valence-corrected chi connectivity index (χ3v) is 3.86. The normalized spacial score (nSPS) is 17.1. The standard InChI is InChI=1S/C16H11F5N2O2/c17-8-4-5-9(22-6-8)7-23-11-3-1-2-10(13(24)14(18)19)12(11)16(20,21)15(23)25/h1-6,13-14,24H,7H2. The fourth-order valence-corrected chi connectivity index (χ4v) is 2.71. The highest BCUT2D eigenvalue weighted by Gasteiger charge is 2.55. The van der Waals surface area contributed by atoms with Crippen LogP contribution in [-0.2, 0) is 17.3 Å². The monoisotopic (exact) mass is 358 g/mol. The molecule has 1 aliphatic rings. The predicted octanol–water partition coefficient (Wildman–Crippen LogP) is 3.16. The summed E-state index contributed by atoms with van der Waals surface area (Å²) < 4.78 is 67.3. The minimum atomic E-state index is -4.07. The van der Waals surface area contributed by atoms with E-state index in [1.54, 1.807) is 0 Å². The van der Waals surface area contributed by atoms with E-state index in [9.17, 15) is 31.9 Å². The van der Waals surface area contributed by atoms with Crippen LogP contribution in [0, 0.1) is 5.82 Å². The Balaban J connectivity index is 2.06. The van der Waals surface area contributed by atoms with Crippen molar-refractivity contribution < 1.29 is 31.9 Å². The molecule has 0 bridgehead atoms. The highest BCUT2D eigenvalue weighted by molar-refractivity contribution is 6.06. The summed E-state index contributed by atoms with van der Waals surface area (Å²) in [5.41, 5.74) is -1.81. The van der Waals surface area contributed by atoms with Crippen molar-refractivity contribution in [3.8, 4) is 0 Å². The number of aliphatic hydroxyl groups excluding tert-OH is 1. The molecule has 0 aliphatic carbocycles. The van der Waals surface area contributed by atoms with Crippen LogP contribution < -0.4 is 4.90 Å². The van der Waals surface area contributed by atoms with E-state index in [0.29, 0.717) is 4.90 Å². The second-order valence-electron chi connectivity index (χ2n) is 5.45. The number of rotatable bonds is 4. The molecule has 3 rings (SSSR count). The van der Waals surface area contributed by atoms with Crippen LogP contribution in [0.25, 0.3) is 0 Å². The van der Waals surface area contributed by atoms with Crippen molar-refractivity contribution >= 4 is 11.6 Å². The minimum Gasteiger partial charge on any atom is -0.382 e. The highest BCUT2D eigenvalue weighted by atomic mass is 19.3. The number of pyridine rings is 1. The third kappa shape index (κ3) is 2.84. The molecule has 25 heavy (non-hydrogen) atoms. The summed E-state index contributed by atoms with van der Waals surface area (Å²) in [6.07, 6.45) is -4.87. The Bertz CT molecular complexity index is 811. The number of benzene rings is 1. The number of hydrogen-bond donors (Lipinski definition) is 1. The maximum absolute atomic E-state index is 14.4. The number of aliphatic hydroxyl groups is 1. The van der Waals surface area contributed by atoms with Crippen LogP contribution in [0.15, 0.2) is 36.5 Å². The number of carbonyl (C=O) groups is 1. The third-order valence-electron chi connectivity index (χ3n) is 3.86.